The third-order valence-electron chi connectivity index (χ3n) is 6.42. The van der Waals surface area contributed by atoms with Crippen LogP contribution in [0, 0.1) is 6.92 Å². The van der Waals surface area contributed by atoms with E-state index in [1.807, 2.05) is 51.2 Å². The first-order chi connectivity index (χ1) is 17.1. The van der Waals surface area contributed by atoms with Crippen molar-refractivity contribution in [3.63, 3.8) is 0 Å². The molecule has 0 aliphatic rings. The molecule has 4 rings (SSSR count). The molecule has 3 nitrogen and oxygen atoms in total. The normalized spacial score (nSPS) is 13.4. The highest BCUT2D eigenvalue weighted by Crippen LogP contribution is 2.42. The molecule has 0 aliphatic carbocycles. The fourth-order valence-corrected chi connectivity index (χ4v) is 4.91. The number of fused-ring (bicyclic) bond motifs is 1. The van der Waals surface area contributed by atoms with Crippen molar-refractivity contribution < 1.29 is 9.53 Å². The molecular formula is C32H34ClNO2. The third-order valence-corrected chi connectivity index (χ3v) is 6.68. The summed E-state index contributed by atoms with van der Waals surface area (Å²) in [6.07, 6.45) is 4.03. The molecule has 0 N–H and O–H groups in total. The highest BCUT2D eigenvalue weighted by molar-refractivity contribution is 6.30. The lowest BCUT2D eigenvalue weighted by atomic mass is 9.75. The standard InChI is InChI=1S/C32H34ClNO2/c1-6-7-28(22-10-12-24(13-11-22)31(35)36-32(3,4)5)30(23-14-16-27(33)17-15-23)26-19-25-9-8-21(2)18-29(25)34-20-26/h8-20,28,30H,6-7H2,1-5H3/t28-,30?/m1/s1. The van der Waals surface area contributed by atoms with Crippen molar-refractivity contribution in [1.29, 1.82) is 0 Å². The average molecular weight is 500 g/mol. The molecule has 0 spiro atoms. The van der Waals surface area contributed by atoms with Crippen molar-refractivity contribution in [2.24, 2.45) is 0 Å². The maximum absolute atomic E-state index is 12.6. The summed E-state index contributed by atoms with van der Waals surface area (Å²) < 4.78 is 5.56. The molecule has 0 radical (unpaired) electrons. The molecular weight excluding hydrogens is 466 g/mol. The van der Waals surface area contributed by atoms with Gasteiger partial charge in [-0.25, -0.2) is 4.79 Å². The van der Waals surface area contributed by atoms with Crippen molar-refractivity contribution in [2.75, 3.05) is 0 Å². The molecule has 0 saturated carbocycles. The Labute approximate surface area is 219 Å². The van der Waals surface area contributed by atoms with Crippen LogP contribution in [-0.4, -0.2) is 16.6 Å². The van der Waals surface area contributed by atoms with Crippen LogP contribution in [0.1, 0.15) is 85.0 Å². The number of hydrogen-bond donors (Lipinski definition) is 0. The Balaban J connectivity index is 1.78. The van der Waals surface area contributed by atoms with E-state index in [1.54, 1.807) is 0 Å². The summed E-state index contributed by atoms with van der Waals surface area (Å²) in [4.78, 5) is 17.4. The first-order valence-electron chi connectivity index (χ1n) is 12.6. The van der Waals surface area contributed by atoms with Gasteiger partial charge in [-0.15, -0.1) is 0 Å². The zero-order valence-electron chi connectivity index (χ0n) is 21.7. The molecule has 0 fully saturated rings. The van der Waals surface area contributed by atoms with Crippen LogP contribution in [0.2, 0.25) is 5.02 Å². The maximum atomic E-state index is 12.6. The molecule has 3 aromatic carbocycles. The van der Waals surface area contributed by atoms with Crippen LogP contribution >= 0.6 is 11.6 Å². The SMILES string of the molecule is CCC[C@H](c1ccc(C(=O)OC(C)(C)C)cc1)C(c1ccc(Cl)cc1)c1cnc2cc(C)ccc2c1. The molecule has 4 heteroatoms. The monoisotopic (exact) mass is 499 g/mol. The van der Waals surface area contributed by atoms with Crippen LogP contribution in [0.5, 0.6) is 0 Å². The van der Waals surface area contributed by atoms with Gasteiger partial charge in [0.2, 0.25) is 0 Å². The number of halogens is 1. The van der Waals surface area contributed by atoms with Crippen LogP contribution in [0.25, 0.3) is 10.9 Å². The molecule has 1 unspecified atom stereocenters. The minimum atomic E-state index is -0.526. The van der Waals surface area contributed by atoms with E-state index in [1.165, 1.54) is 22.3 Å². The van der Waals surface area contributed by atoms with Crippen molar-refractivity contribution in [3.8, 4) is 0 Å². The van der Waals surface area contributed by atoms with Crippen LogP contribution in [0.3, 0.4) is 0 Å². The molecule has 1 heterocycles. The van der Waals surface area contributed by atoms with Crippen molar-refractivity contribution >= 4 is 28.5 Å². The Hall–Kier alpha value is -3.17. The van der Waals surface area contributed by atoms with Gasteiger partial charge in [0, 0.05) is 22.5 Å². The van der Waals surface area contributed by atoms with E-state index in [-0.39, 0.29) is 17.8 Å². The quantitative estimate of drug-likeness (QED) is 0.238. The molecule has 0 aliphatic heterocycles. The lowest BCUT2D eigenvalue weighted by Crippen LogP contribution is -2.23. The zero-order chi connectivity index (χ0) is 25.9. The van der Waals surface area contributed by atoms with Gasteiger partial charge in [0.05, 0.1) is 11.1 Å². The topological polar surface area (TPSA) is 39.2 Å². The summed E-state index contributed by atoms with van der Waals surface area (Å²) in [5, 5.41) is 1.85. The molecule has 186 valence electrons. The highest BCUT2D eigenvalue weighted by atomic mass is 35.5. The van der Waals surface area contributed by atoms with E-state index in [9.17, 15) is 4.79 Å². The van der Waals surface area contributed by atoms with Gasteiger partial charge in [-0.3, -0.25) is 4.98 Å². The van der Waals surface area contributed by atoms with Crippen LogP contribution in [0.15, 0.2) is 79.0 Å². The summed E-state index contributed by atoms with van der Waals surface area (Å²) in [5.74, 6) is -0.00859. The number of pyridine rings is 1. The second kappa shape index (κ2) is 10.8. The van der Waals surface area contributed by atoms with Gasteiger partial charge >= 0.3 is 5.97 Å². The van der Waals surface area contributed by atoms with Crippen LogP contribution < -0.4 is 0 Å². The lowest BCUT2D eigenvalue weighted by Gasteiger charge is -2.29. The fourth-order valence-electron chi connectivity index (χ4n) is 4.79. The highest BCUT2D eigenvalue weighted by Gasteiger charge is 2.27. The average Bonchev–Trinajstić information content (AvgIpc) is 2.84. The van der Waals surface area contributed by atoms with Crippen LogP contribution in [-0.2, 0) is 4.74 Å². The van der Waals surface area contributed by atoms with Crippen molar-refractivity contribution in [1.82, 2.24) is 4.98 Å². The number of benzene rings is 3. The van der Waals surface area contributed by atoms with Gasteiger partial charge in [0.25, 0.3) is 0 Å². The Morgan fingerprint density at radius 1 is 0.917 bits per heavy atom. The van der Waals surface area contributed by atoms with E-state index < -0.39 is 5.60 Å². The van der Waals surface area contributed by atoms with Gasteiger partial charge in [-0.2, -0.15) is 0 Å². The second-order valence-electron chi connectivity index (χ2n) is 10.5. The molecule has 4 aromatic rings. The smallest absolute Gasteiger partial charge is 0.338 e. The van der Waals surface area contributed by atoms with Gasteiger partial charge in [0.15, 0.2) is 0 Å². The minimum Gasteiger partial charge on any atom is -0.456 e. The predicted molar refractivity (Wildman–Crippen MR) is 149 cm³/mol. The third kappa shape index (κ3) is 6.14. The van der Waals surface area contributed by atoms with E-state index in [2.05, 4.69) is 62.4 Å². The van der Waals surface area contributed by atoms with E-state index in [0.717, 1.165) is 28.8 Å². The molecule has 0 bridgehead atoms. The summed E-state index contributed by atoms with van der Waals surface area (Å²) in [6.45, 7) is 9.94. The predicted octanol–water partition coefficient (Wildman–Crippen LogP) is 8.87. The van der Waals surface area contributed by atoms with Crippen molar-refractivity contribution in [3.05, 3.63) is 112 Å². The van der Waals surface area contributed by atoms with Gasteiger partial charge in [0.1, 0.15) is 5.60 Å². The molecule has 0 saturated heterocycles. The molecule has 0 amide bonds. The minimum absolute atomic E-state index is 0.0906. The number of aromatic nitrogens is 1. The van der Waals surface area contributed by atoms with E-state index >= 15 is 0 Å². The number of rotatable bonds is 7. The Bertz CT molecular complexity index is 1340. The molecule has 2 atom stereocenters. The Morgan fingerprint density at radius 3 is 2.22 bits per heavy atom. The summed E-state index contributed by atoms with van der Waals surface area (Å²) >= 11 is 6.25. The van der Waals surface area contributed by atoms with Gasteiger partial charge < -0.3 is 4.74 Å². The summed E-state index contributed by atoms with van der Waals surface area (Å²) in [7, 11) is 0. The van der Waals surface area contributed by atoms with Gasteiger partial charge in [-0.1, -0.05) is 61.3 Å². The lowest BCUT2D eigenvalue weighted by molar-refractivity contribution is 0.00695. The first kappa shape index (κ1) is 25.9. The number of nitrogens with zero attached hydrogens (tertiary/aromatic N) is 1. The van der Waals surface area contributed by atoms with E-state index in [4.69, 9.17) is 21.3 Å². The van der Waals surface area contributed by atoms with Crippen LogP contribution in [0.4, 0.5) is 0 Å². The number of hydrogen-bond acceptors (Lipinski definition) is 3. The Morgan fingerprint density at radius 2 is 1.58 bits per heavy atom. The number of esters is 1. The van der Waals surface area contributed by atoms with E-state index in [0.29, 0.717) is 5.56 Å². The van der Waals surface area contributed by atoms with Crippen molar-refractivity contribution in [2.45, 2.75) is 64.9 Å². The number of carbonyl (C=O) groups excluding carboxylic acids is 1. The molecule has 36 heavy (non-hydrogen) atoms. The Kier molecular flexibility index (Phi) is 7.80. The zero-order valence-corrected chi connectivity index (χ0v) is 22.5. The summed E-state index contributed by atoms with van der Waals surface area (Å²) in [5.41, 5.74) is 5.80. The van der Waals surface area contributed by atoms with Gasteiger partial charge in [-0.05, 0) is 98.7 Å². The first-order valence-corrected chi connectivity index (χ1v) is 13.0. The summed E-state index contributed by atoms with van der Waals surface area (Å²) in [6, 6.07) is 24.7. The molecule has 1 aromatic heterocycles. The fraction of sp³-hybridized carbons (Fsp3) is 0.312. The largest absolute Gasteiger partial charge is 0.456 e. The maximum Gasteiger partial charge on any atom is 0.338 e. The number of carbonyl (C=O) groups is 1. The number of aryl methyl sites for hydroxylation is 1. The number of ether oxygens (including phenoxy) is 1. The second-order valence-corrected chi connectivity index (χ2v) is 10.9.